The summed E-state index contributed by atoms with van der Waals surface area (Å²) >= 11 is 1.000. The maximum atomic E-state index is 12.4. The van der Waals surface area contributed by atoms with E-state index in [0.29, 0.717) is 23.4 Å². The van der Waals surface area contributed by atoms with Gasteiger partial charge in [-0.05, 0) is 26.7 Å². The van der Waals surface area contributed by atoms with Crippen LogP contribution in [0.25, 0.3) is 0 Å². The second kappa shape index (κ2) is 7.36. The molecule has 0 radical (unpaired) electrons. The Morgan fingerprint density at radius 3 is 2.46 bits per heavy atom. The number of nitrogens with one attached hydrogen (secondary N) is 1. The van der Waals surface area contributed by atoms with Crippen molar-refractivity contribution in [1.82, 2.24) is 9.88 Å². The number of allylic oxidation sites excluding steroid dienone is 2. The zero-order valence-corrected chi connectivity index (χ0v) is 15.3. The maximum Gasteiger partial charge on any atom is 0.350 e. The smallest absolute Gasteiger partial charge is 0.350 e. The predicted octanol–water partition coefficient (Wildman–Crippen LogP) is 1.52. The van der Waals surface area contributed by atoms with Gasteiger partial charge in [0.2, 0.25) is 17.7 Å². The van der Waals surface area contributed by atoms with Gasteiger partial charge in [-0.2, -0.15) is 0 Å². The van der Waals surface area contributed by atoms with E-state index in [2.05, 4.69) is 10.3 Å². The first kappa shape index (κ1) is 18.2. The second-order valence-electron chi connectivity index (χ2n) is 6.12. The average Bonchev–Trinajstić information content (AvgIpc) is 3.08. The average molecular weight is 377 g/mol. The van der Waals surface area contributed by atoms with E-state index in [9.17, 15) is 19.2 Å². The number of ether oxygens (including phenoxy) is 1. The molecule has 1 aromatic rings. The second-order valence-corrected chi connectivity index (χ2v) is 7.12. The monoisotopic (exact) mass is 377 g/mol. The molecule has 0 aromatic carbocycles. The van der Waals surface area contributed by atoms with Gasteiger partial charge in [0.05, 0.1) is 24.1 Å². The van der Waals surface area contributed by atoms with Crippen molar-refractivity contribution in [3.05, 3.63) is 22.7 Å². The molecule has 1 N–H and O–H groups in total. The Morgan fingerprint density at radius 1 is 1.27 bits per heavy atom. The number of imide groups is 1. The quantitative estimate of drug-likeness (QED) is 0.474. The van der Waals surface area contributed by atoms with Crippen molar-refractivity contribution in [2.45, 2.75) is 26.7 Å². The summed E-state index contributed by atoms with van der Waals surface area (Å²) in [5.74, 6) is -2.35. The van der Waals surface area contributed by atoms with Crippen LogP contribution >= 0.6 is 11.3 Å². The molecule has 2 heterocycles. The molecule has 138 valence electrons. The van der Waals surface area contributed by atoms with Crippen LogP contribution in [-0.2, 0) is 19.1 Å². The van der Waals surface area contributed by atoms with Crippen LogP contribution < -0.4 is 5.32 Å². The Hall–Kier alpha value is -2.55. The zero-order valence-electron chi connectivity index (χ0n) is 14.5. The van der Waals surface area contributed by atoms with Crippen molar-refractivity contribution in [2.75, 3.05) is 18.5 Å². The van der Waals surface area contributed by atoms with E-state index in [1.807, 2.05) is 12.2 Å². The summed E-state index contributed by atoms with van der Waals surface area (Å²) < 4.78 is 4.93. The van der Waals surface area contributed by atoms with Gasteiger partial charge in [-0.15, -0.1) is 0 Å². The first-order valence-electron chi connectivity index (χ1n) is 8.37. The normalized spacial score (nSPS) is 21.7. The van der Waals surface area contributed by atoms with E-state index >= 15 is 0 Å². The molecule has 1 saturated heterocycles. The van der Waals surface area contributed by atoms with Crippen LogP contribution in [0.3, 0.4) is 0 Å². The molecule has 1 fully saturated rings. The van der Waals surface area contributed by atoms with E-state index in [1.165, 1.54) is 0 Å². The first-order chi connectivity index (χ1) is 12.4. The van der Waals surface area contributed by atoms with Crippen LogP contribution in [0.2, 0.25) is 0 Å². The summed E-state index contributed by atoms with van der Waals surface area (Å²) in [6.07, 6.45) is 4.85. The van der Waals surface area contributed by atoms with Gasteiger partial charge in [0.25, 0.3) is 0 Å². The SMILES string of the molecule is CCOC(=O)c1sc(NC(=O)CN2C(=O)[C@H]3CC=CC[C@H]3C2=O)nc1C. The third kappa shape index (κ3) is 3.39. The summed E-state index contributed by atoms with van der Waals surface area (Å²) in [5.41, 5.74) is 0.453. The number of thiazole rings is 1. The van der Waals surface area contributed by atoms with Crippen LogP contribution in [0.1, 0.15) is 35.1 Å². The van der Waals surface area contributed by atoms with Crippen molar-refractivity contribution in [1.29, 1.82) is 0 Å². The lowest BCUT2D eigenvalue weighted by Crippen LogP contribution is -2.38. The molecule has 1 aliphatic carbocycles. The Bertz CT molecular complexity index is 774. The molecule has 0 bridgehead atoms. The number of hydrogen-bond acceptors (Lipinski definition) is 7. The highest BCUT2D eigenvalue weighted by atomic mass is 32.1. The fourth-order valence-corrected chi connectivity index (χ4v) is 4.04. The number of fused-ring (bicyclic) bond motifs is 1. The number of aryl methyl sites for hydroxylation is 1. The van der Waals surface area contributed by atoms with Crippen molar-refractivity contribution in [3.8, 4) is 0 Å². The van der Waals surface area contributed by atoms with Crippen LogP contribution in [0.4, 0.5) is 5.13 Å². The topological polar surface area (TPSA) is 106 Å². The van der Waals surface area contributed by atoms with Gasteiger partial charge < -0.3 is 10.1 Å². The minimum Gasteiger partial charge on any atom is -0.462 e. The molecule has 3 amide bonds. The van der Waals surface area contributed by atoms with Crippen LogP contribution in [0, 0.1) is 18.8 Å². The van der Waals surface area contributed by atoms with Crippen molar-refractivity contribution < 1.29 is 23.9 Å². The van der Waals surface area contributed by atoms with Crippen LogP contribution in [-0.4, -0.2) is 46.7 Å². The summed E-state index contributed by atoms with van der Waals surface area (Å²) in [6, 6.07) is 0. The highest BCUT2D eigenvalue weighted by Gasteiger charge is 2.47. The highest BCUT2D eigenvalue weighted by molar-refractivity contribution is 7.17. The van der Waals surface area contributed by atoms with Crippen LogP contribution in [0.15, 0.2) is 12.2 Å². The first-order valence-corrected chi connectivity index (χ1v) is 9.18. The van der Waals surface area contributed by atoms with Gasteiger partial charge in [-0.3, -0.25) is 19.3 Å². The van der Waals surface area contributed by atoms with Gasteiger partial charge in [-0.25, -0.2) is 9.78 Å². The molecule has 3 rings (SSSR count). The lowest BCUT2D eigenvalue weighted by molar-refractivity contribution is -0.142. The zero-order chi connectivity index (χ0) is 18.8. The Kier molecular flexibility index (Phi) is 5.17. The maximum absolute atomic E-state index is 12.4. The van der Waals surface area contributed by atoms with Gasteiger partial charge >= 0.3 is 5.97 Å². The molecule has 8 nitrogen and oxygen atoms in total. The fourth-order valence-electron chi connectivity index (χ4n) is 3.16. The van der Waals surface area contributed by atoms with Crippen molar-refractivity contribution in [3.63, 3.8) is 0 Å². The largest absolute Gasteiger partial charge is 0.462 e. The lowest BCUT2D eigenvalue weighted by atomic mass is 9.85. The molecule has 0 unspecified atom stereocenters. The van der Waals surface area contributed by atoms with E-state index in [-0.39, 0.29) is 41.9 Å². The van der Waals surface area contributed by atoms with E-state index in [4.69, 9.17) is 4.74 Å². The van der Waals surface area contributed by atoms with Gasteiger partial charge in [0.15, 0.2) is 5.13 Å². The number of anilines is 1. The summed E-state index contributed by atoms with van der Waals surface area (Å²) in [6.45, 7) is 3.24. The molecule has 1 aliphatic heterocycles. The number of likely N-dealkylation sites (tertiary alicyclic amines) is 1. The van der Waals surface area contributed by atoms with E-state index < -0.39 is 11.9 Å². The lowest BCUT2D eigenvalue weighted by Gasteiger charge is -2.14. The fraction of sp³-hybridized carbons (Fsp3) is 0.471. The van der Waals surface area contributed by atoms with Gasteiger partial charge in [0, 0.05) is 0 Å². The Morgan fingerprint density at radius 2 is 1.88 bits per heavy atom. The van der Waals surface area contributed by atoms with Gasteiger partial charge in [-0.1, -0.05) is 23.5 Å². The molecule has 2 aliphatic rings. The number of amides is 3. The number of nitrogens with zero attached hydrogens (tertiary/aromatic N) is 2. The predicted molar refractivity (Wildman–Crippen MR) is 93.5 cm³/mol. The van der Waals surface area contributed by atoms with Crippen molar-refractivity contribution >= 4 is 40.2 Å². The molecule has 26 heavy (non-hydrogen) atoms. The molecule has 9 heteroatoms. The molecule has 1 aromatic heterocycles. The van der Waals surface area contributed by atoms with Crippen molar-refractivity contribution in [2.24, 2.45) is 11.8 Å². The minimum absolute atomic E-state index is 0.230. The number of aromatic nitrogens is 1. The molecular weight excluding hydrogens is 358 g/mol. The third-order valence-electron chi connectivity index (χ3n) is 4.40. The standard InChI is InChI=1S/C17H19N3O5S/c1-3-25-16(24)13-9(2)18-17(26-13)19-12(21)8-20-14(22)10-6-4-5-7-11(10)15(20)23/h4-5,10-11H,3,6-8H2,1-2H3,(H,18,19,21)/t10-,11+. The van der Waals surface area contributed by atoms with Gasteiger partial charge in [0.1, 0.15) is 11.4 Å². The number of rotatable bonds is 5. The summed E-state index contributed by atoms with van der Waals surface area (Å²) in [7, 11) is 0. The third-order valence-corrected chi connectivity index (χ3v) is 5.46. The number of carbonyl (C=O) groups excluding carboxylic acids is 4. The number of esters is 1. The van der Waals surface area contributed by atoms with E-state index in [0.717, 1.165) is 16.2 Å². The molecule has 0 spiro atoms. The highest BCUT2D eigenvalue weighted by Crippen LogP contribution is 2.35. The Labute approximate surface area is 154 Å². The summed E-state index contributed by atoms with van der Waals surface area (Å²) in [5, 5.41) is 2.78. The summed E-state index contributed by atoms with van der Waals surface area (Å²) in [4.78, 5) is 54.3. The molecule has 0 saturated carbocycles. The van der Waals surface area contributed by atoms with Crippen LogP contribution in [0.5, 0.6) is 0 Å². The molecule has 2 atom stereocenters. The minimum atomic E-state index is -0.525. The number of hydrogen-bond donors (Lipinski definition) is 1. The van der Waals surface area contributed by atoms with E-state index in [1.54, 1.807) is 13.8 Å². The number of carbonyl (C=O) groups is 4. The Balaban J connectivity index is 1.65. The molecular formula is C17H19N3O5S.